The zero-order chi connectivity index (χ0) is 16.2. The van der Waals surface area contributed by atoms with Crippen molar-refractivity contribution in [3.05, 3.63) is 35.6 Å². The molecule has 1 aliphatic heterocycles. The molecule has 3 rings (SSSR count). The van der Waals surface area contributed by atoms with Crippen LogP contribution >= 0.6 is 12.4 Å². The van der Waals surface area contributed by atoms with Crippen LogP contribution in [-0.4, -0.2) is 48.2 Å². The van der Waals surface area contributed by atoms with Crippen LogP contribution in [0.1, 0.15) is 24.8 Å². The summed E-state index contributed by atoms with van der Waals surface area (Å²) in [5.41, 5.74) is 0.980. The fourth-order valence-corrected chi connectivity index (χ4v) is 3.58. The molecule has 2 N–H and O–H groups in total. The number of rotatable bonds is 7. The summed E-state index contributed by atoms with van der Waals surface area (Å²) in [5.74, 6) is 1.08. The van der Waals surface area contributed by atoms with E-state index >= 15 is 0 Å². The van der Waals surface area contributed by atoms with Crippen molar-refractivity contribution in [1.82, 2.24) is 10.2 Å². The molecule has 1 heterocycles. The van der Waals surface area contributed by atoms with E-state index in [9.17, 15) is 9.18 Å². The Labute approximate surface area is 148 Å². The quantitative estimate of drug-likeness (QED) is 0.785. The Balaban J connectivity index is 0.00000208. The second-order valence-corrected chi connectivity index (χ2v) is 6.78. The van der Waals surface area contributed by atoms with E-state index in [0.29, 0.717) is 25.3 Å². The highest BCUT2D eigenvalue weighted by Gasteiger charge is 2.42. The summed E-state index contributed by atoms with van der Waals surface area (Å²) < 4.78 is 12.9. The molecule has 0 spiro atoms. The molecule has 0 aromatic heterocycles. The van der Waals surface area contributed by atoms with Crippen LogP contribution in [0.2, 0.25) is 0 Å². The van der Waals surface area contributed by atoms with E-state index in [1.807, 2.05) is 0 Å². The van der Waals surface area contributed by atoms with E-state index in [2.05, 4.69) is 10.2 Å². The highest BCUT2D eigenvalue weighted by Crippen LogP contribution is 2.41. The lowest BCUT2D eigenvalue weighted by atomic mass is 9.98. The number of carbonyl (C=O) groups excluding carboxylic acids is 1. The molecule has 1 aliphatic carbocycles. The molecule has 0 unspecified atom stereocenters. The van der Waals surface area contributed by atoms with E-state index < -0.39 is 0 Å². The second kappa shape index (κ2) is 8.79. The van der Waals surface area contributed by atoms with Crippen LogP contribution in [-0.2, 0) is 11.2 Å². The Morgan fingerprint density at radius 2 is 1.96 bits per heavy atom. The first-order valence-electron chi connectivity index (χ1n) is 8.52. The summed E-state index contributed by atoms with van der Waals surface area (Å²) in [4.78, 5) is 14.5. The van der Waals surface area contributed by atoms with Crippen LogP contribution in [0.15, 0.2) is 24.3 Å². The van der Waals surface area contributed by atoms with E-state index in [1.54, 1.807) is 12.1 Å². The Morgan fingerprint density at radius 3 is 2.58 bits per heavy atom. The Bertz CT molecular complexity index is 536. The standard InChI is InChI=1S/C18H25FN2O2.ClH/c19-15-6-1-13(2-7-15)3-8-18(23)20-17-12-21(9-10-22)11-16(17)14-4-5-14;/h1-2,6-7,14,16-17,22H,3-5,8-12H2,(H,20,23);1H/t16-,17+;/m1./s1. The molecule has 2 fully saturated rings. The van der Waals surface area contributed by atoms with Gasteiger partial charge in [-0.3, -0.25) is 9.69 Å². The van der Waals surface area contributed by atoms with Crippen molar-refractivity contribution in [2.24, 2.45) is 11.8 Å². The highest BCUT2D eigenvalue weighted by atomic mass is 35.5. The molecule has 0 radical (unpaired) electrons. The molecular weight excluding hydrogens is 331 g/mol. The van der Waals surface area contributed by atoms with Crippen LogP contribution in [0.25, 0.3) is 0 Å². The maximum absolute atomic E-state index is 12.9. The molecule has 1 aromatic carbocycles. The zero-order valence-electron chi connectivity index (χ0n) is 13.8. The number of β-amino-alcohol motifs (C(OH)–C–C–N with tert-alkyl or cyclic N) is 1. The predicted octanol–water partition coefficient (Wildman–Crippen LogP) is 2.00. The molecule has 1 saturated carbocycles. The maximum atomic E-state index is 12.9. The summed E-state index contributed by atoms with van der Waals surface area (Å²) in [6.45, 7) is 2.67. The smallest absolute Gasteiger partial charge is 0.220 e. The van der Waals surface area contributed by atoms with Crippen LogP contribution < -0.4 is 5.32 Å². The third kappa shape index (κ3) is 5.16. The number of hydrogen-bond donors (Lipinski definition) is 2. The van der Waals surface area contributed by atoms with Crippen molar-refractivity contribution >= 4 is 18.3 Å². The van der Waals surface area contributed by atoms with Gasteiger partial charge in [0.05, 0.1) is 6.61 Å². The molecule has 1 amide bonds. The minimum absolute atomic E-state index is 0. The number of nitrogens with zero attached hydrogens (tertiary/aromatic N) is 1. The van der Waals surface area contributed by atoms with Gasteiger partial charge in [-0.25, -0.2) is 4.39 Å². The lowest BCUT2D eigenvalue weighted by molar-refractivity contribution is -0.122. The zero-order valence-corrected chi connectivity index (χ0v) is 14.6. The number of nitrogens with one attached hydrogen (secondary N) is 1. The van der Waals surface area contributed by atoms with Gasteiger partial charge in [0.2, 0.25) is 5.91 Å². The van der Waals surface area contributed by atoms with Crippen molar-refractivity contribution < 1.29 is 14.3 Å². The molecule has 24 heavy (non-hydrogen) atoms. The van der Waals surface area contributed by atoms with Crippen LogP contribution in [0.4, 0.5) is 4.39 Å². The first kappa shape index (κ1) is 19.2. The van der Waals surface area contributed by atoms with Gasteiger partial charge in [-0.15, -0.1) is 12.4 Å². The Kier molecular flexibility index (Phi) is 7.02. The summed E-state index contributed by atoms with van der Waals surface area (Å²) in [7, 11) is 0. The first-order valence-corrected chi connectivity index (χ1v) is 8.52. The molecule has 1 aromatic rings. The molecular formula is C18H26ClFN2O2. The van der Waals surface area contributed by atoms with Crippen LogP contribution in [0.3, 0.4) is 0 Å². The van der Waals surface area contributed by atoms with Crippen molar-refractivity contribution in [2.75, 3.05) is 26.2 Å². The van der Waals surface area contributed by atoms with Gasteiger partial charge in [0.1, 0.15) is 5.82 Å². The number of benzene rings is 1. The average Bonchev–Trinajstić information content (AvgIpc) is 3.30. The number of aryl methyl sites for hydroxylation is 1. The normalized spacial score (nSPS) is 23.8. The summed E-state index contributed by atoms with van der Waals surface area (Å²) in [5, 5.41) is 12.3. The molecule has 2 atom stereocenters. The number of amides is 1. The topological polar surface area (TPSA) is 52.6 Å². The van der Waals surface area contributed by atoms with Crippen molar-refractivity contribution in [1.29, 1.82) is 0 Å². The van der Waals surface area contributed by atoms with Gasteiger partial charge in [0, 0.05) is 32.1 Å². The second-order valence-electron chi connectivity index (χ2n) is 6.78. The van der Waals surface area contributed by atoms with Gasteiger partial charge in [-0.1, -0.05) is 12.1 Å². The van der Waals surface area contributed by atoms with Gasteiger partial charge in [-0.05, 0) is 48.8 Å². The number of halogens is 2. The number of aliphatic hydroxyl groups is 1. The van der Waals surface area contributed by atoms with Crippen molar-refractivity contribution in [3.8, 4) is 0 Å². The van der Waals surface area contributed by atoms with Gasteiger partial charge < -0.3 is 10.4 Å². The summed E-state index contributed by atoms with van der Waals surface area (Å²) in [6, 6.07) is 6.53. The number of carbonyl (C=O) groups is 1. The minimum Gasteiger partial charge on any atom is -0.395 e. The van der Waals surface area contributed by atoms with Gasteiger partial charge in [0.25, 0.3) is 0 Å². The SMILES string of the molecule is Cl.O=C(CCc1ccc(F)cc1)N[C@H]1CN(CCO)C[C@@H]1C1CC1. The Hall–Kier alpha value is -1.17. The molecule has 0 bridgehead atoms. The molecule has 4 nitrogen and oxygen atoms in total. The van der Waals surface area contributed by atoms with Gasteiger partial charge in [-0.2, -0.15) is 0 Å². The van der Waals surface area contributed by atoms with E-state index in [0.717, 1.165) is 24.6 Å². The Morgan fingerprint density at radius 1 is 1.25 bits per heavy atom. The van der Waals surface area contributed by atoms with E-state index in [-0.39, 0.29) is 36.8 Å². The third-order valence-corrected chi connectivity index (χ3v) is 4.98. The minimum atomic E-state index is -0.250. The van der Waals surface area contributed by atoms with Crippen molar-refractivity contribution in [3.63, 3.8) is 0 Å². The number of aliphatic hydroxyl groups excluding tert-OH is 1. The highest BCUT2D eigenvalue weighted by molar-refractivity contribution is 5.85. The molecule has 1 saturated heterocycles. The molecule has 2 aliphatic rings. The summed E-state index contributed by atoms with van der Waals surface area (Å²) >= 11 is 0. The predicted molar refractivity (Wildman–Crippen MR) is 93.6 cm³/mol. The fourth-order valence-electron chi connectivity index (χ4n) is 3.58. The molecule has 6 heteroatoms. The van der Waals surface area contributed by atoms with Gasteiger partial charge >= 0.3 is 0 Å². The maximum Gasteiger partial charge on any atom is 0.220 e. The monoisotopic (exact) mass is 356 g/mol. The first-order chi connectivity index (χ1) is 11.2. The number of hydrogen-bond acceptors (Lipinski definition) is 3. The largest absolute Gasteiger partial charge is 0.395 e. The third-order valence-electron chi connectivity index (χ3n) is 4.98. The number of likely N-dealkylation sites (tertiary alicyclic amines) is 1. The summed E-state index contributed by atoms with van der Waals surface area (Å²) in [6.07, 6.45) is 3.59. The van der Waals surface area contributed by atoms with Crippen LogP contribution in [0, 0.1) is 17.7 Å². The fraction of sp³-hybridized carbons (Fsp3) is 0.611. The van der Waals surface area contributed by atoms with E-state index in [4.69, 9.17) is 5.11 Å². The van der Waals surface area contributed by atoms with Crippen molar-refractivity contribution in [2.45, 2.75) is 31.7 Å². The lowest BCUT2D eigenvalue weighted by Gasteiger charge is -2.19. The van der Waals surface area contributed by atoms with Gasteiger partial charge in [0.15, 0.2) is 0 Å². The van der Waals surface area contributed by atoms with E-state index in [1.165, 1.54) is 25.0 Å². The average molecular weight is 357 g/mol. The lowest BCUT2D eigenvalue weighted by Crippen LogP contribution is -2.41. The van der Waals surface area contributed by atoms with Crippen LogP contribution in [0.5, 0.6) is 0 Å². The molecule has 134 valence electrons.